The number of aromatic amines is 1. The Morgan fingerprint density at radius 3 is 2.68 bits per heavy atom. The predicted molar refractivity (Wildman–Crippen MR) is 80.5 cm³/mol. The van der Waals surface area contributed by atoms with Crippen LogP contribution >= 0.6 is 0 Å². The molecular formula is C16H18N2O4. The Morgan fingerprint density at radius 2 is 2.09 bits per heavy atom. The number of rotatable bonds is 3. The van der Waals surface area contributed by atoms with Crippen LogP contribution in [-0.2, 0) is 0 Å². The smallest absolute Gasteiger partial charge is 0.261 e. The van der Waals surface area contributed by atoms with Crippen molar-refractivity contribution in [3.05, 3.63) is 46.4 Å². The Kier molecular flexibility index (Phi) is 4.11. The Hall–Kier alpha value is -2.34. The van der Waals surface area contributed by atoms with Crippen LogP contribution in [0.15, 0.2) is 39.7 Å². The lowest BCUT2D eigenvalue weighted by Gasteiger charge is -2.30. The Bertz CT molecular complexity index is 697. The highest BCUT2D eigenvalue weighted by molar-refractivity contribution is 5.94. The van der Waals surface area contributed by atoms with Gasteiger partial charge in [0.05, 0.1) is 12.0 Å². The molecule has 2 N–H and O–H groups in total. The third-order valence-corrected chi connectivity index (χ3v) is 4.09. The van der Waals surface area contributed by atoms with E-state index in [2.05, 4.69) is 4.98 Å². The van der Waals surface area contributed by atoms with E-state index >= 15 is 0 Å². The predicted octanol–water partition coefficient (Wildman–Crippen LogP) is 1.48. The molecule has 1 saturated heterocycles. The summed E-state index contributed by atoms with van der Waals surface area (Å²) in [5.74, 6) is 0.548. The zero-order valence-corrected chi connectivity index (χ0v) is 12.1. The van der Waals surface area contributed by atoms with Crippen molar-refractivity contribution in [3.63, 3.8) is 0 Å². The molecule has 0 atom stereocenters. The van der Waals surface area contributed by atoms with Gasteiger partial charge in [-0.15, -0.1) is 0 Å². The van der Waals surface area contributed by atoms with Gasteiger partial charge in [0.15, 0.2) is 0 Å². The van der Waals surface area contributed by atoms with E-state index in [0.717, 1.165) is 12.8 Å². The van der Waals surface area contributed by atoms with E-state index in [1.54, 1.807) is 23.1 Å². The largest absolute Gasteiger partial charge is 0.463 e. The highest BCUT2D eigenvalue weighted by Crippen LogP contribution is 2.19. The van der Waals surface area contributed by atoms with Gasteiger partial charge in [-0.3, -0.25) is 9.59 Å². The lowest BCUT2D eigenvalue weighted by molar-refractivity contribution is 0.0649. The number of nitrogens with zero attached hydrogens (tertiary/aromatic N) is 1. The van der Waals surface area contributed by atoms with Crippen LogP contribution in [0.3, 0.4) is 0 Å². The molecule has 0 aliphatic carbocycles. The van der Waals surface area contributed by atoms with E-state index in [1.165, 1.54) is 12.3 Å². The summed E-state index contributed by atoms with van der Waals surface area (Å²) in [6.07, 6.45) is 3.06. The lowest BCUT2D eigenvalue weighted by atomic mass is 9.97. The zero-order chi connectivity index (χ0) is 15.5. The van der Waals surface area contributed by atoms with Gasteiger partial charge in [0.1, 0.15) is 11.3 Å². The minimum Gasteiger partial charge on any atom is -0.463 e. The van der Waals surface area contributed by atoms with Crippen molar-refractivity contribution in [1.29, 1.82) is 0 Å². The molecule has 6 heteroatoms. The van der Waals surface area contributed by atoms with Crippen molar-refractivity contribution >= 4 is 5.91 Å². The van der Waals surface area contributed by atoms with E-state index in [9.17, 15) is 9.59 Å². The number of H-pyrrole nitrogens is 1. The average molecular weight is 302 g/mol. The molecule has 3 heterocycles. The van der Waals surface area contributed by atoms with Crippen molar-refractivity contribution in [2.75, 3.05) is 19.7 Å². The topological polar surface area (TPSA) is 86.5 Å². The quantitative estimate of drug-likeness (QED) is 0.899. The fourth-order valence-corrected chi connectivity index (χ4v) is 2.71. The molecule has 0 radical (unpaired) electrons. The van der Waals surface area contributed by atoms with Crippen LogP contribution < -0.4 is 5.56 Å². The van der Waals surface area contributed by atoms with Crippen molar-refractivity contribution in [3.8, 4) is 11.5 Å². The number of carbonyl (C=O) groups excluding carboxylic acids is 1. The van der Waals surface area contributed by atoms with E-state index in [0.29, 0.717) is 24.5 Å². The maximum atomic E-state index is 12.4. The fourth-order valence-electron chi connectivity index (χ4n) is 2.71. The van der Waals surface area contributed by atoms with Gasteiger partial charge in [0.25, 0.3) is 11.5 Å². The number of nitrogens with one attached hydrogen (secondary N) is 1. The van der Waals surface area contributed by atoms with E-state index < -0.39 is 5.56 Å². The van der Waals surface area contributed by atoms with Crippen molar-refractivity contribution in [2.45, 2.75) is 12.8 Å². The summed E-state index contributed by atoms with van der Waals surface area (Å²) >= 11 is 0. The van der Waals surface area contributed by atoms with Gasteiger partial charge < -0.3 is 19.4 Å². The first-order chi connectivity index (χ1) is 10.7. The molecule has 22 heavy (non-hydrogen) atoms. The number of aliphatic hydroxyl groups excluding tert-OH is 1. The van der Waals surface area contributed by atoms with Crippen LogP contribution in [0.5, 0.6) is 0 Å². The second-order valence-electron chi connectivity index (χ2n) is 5.51. The molecule has 6 nitrogen and oxygen atoms in total. The minimum atomic E-state index is -0.414. The third kappa shape index (κ3) is 2.82. The average Bonchev–Trinajstić information content (AvgIpc) is 3.09. The SMILES string of the molecule is O=C(c1ccc(-c2ccco2)[nH]c1=O)N1CCC(CO)CC1. The standard InChI is InChI=1S/C16H18N2O4/c19-10-11-5-7-18(8-6-11)16(21)12-3-4-13(17-15(12)20)14-2-1-9-22-14/h1-4,9,11,19H,5-8,10H2,(H,17,20). The molecule has 0 saturated carbocycles. The summed E-state index contributed by atoms with van der Waals surface area (Å²) in [6.45, 7) is 1.30. The van der Waals surface area contributed by atoms with Crippen LogP contribution in [0.1, 0.15) is 23.2 Å². The second-order valence-corrected chi connectivity index (χ2v) is 5.51. The van der Waals surface area contributed by atoms with Gasteiger partial charge in [-0.05, 0) is 43.0 Å². The molecule has 116 valence electrons. The molecule has 0 unspecified atom stereocenters. The van der Waals surface area contributed by atoms with Crippen molar-refractivity contribution in [1.82, 2.24) is 9.88 Å². The van der Waals surface area contributed by atoms with Crippen LogP contribution in [0.4, 0.5) is 0 Å². The number of likely N-dealkylation sites (tertiary alicyclic amines) is 1. The van der Waals surface area contributed by atoms with E-state index in [-0.39, 0.29) is 24.0 Å². The summed E-state index contributed by atoms with van der Waals surface area (Å²) < 4.78 is 5.23. The van der Waals surface area contributed by atoms with Gasteiger partial charge in [0.2, 0.25) is 0 Å². The number of piperidine rings is 1. The van der Waals surface area contributed by atoms with Crippen LogP contribution in [0.25, 0.3) is 11.5 Å². The Balaban J connectivity index is 1.78. The number of aliphatic hydroxyl groups is 1. The molecule has 0 bridgehead atoms. The third-order valence-electron chi connectivity index (χ3n) is 4.09. The maximum Gasteiger partial charge on any atom is 0.261 e. The number of aromatic nitrogens is 1. The molecule has 1 aliphatic rings. The summed E-state index contributed by atoms with van der Waals surface area (Å²) in [5, 5.41) is 9.13. The molecule has 2 aromatic rings. The summed E-state index contributed by atoms with van der Waals surface area (Å²) in [5.41, 5.74) is 0.270. The number of carbonyl (C=O) groups is 1. The van der Waals surface area contributed by atoms with Gasteiger partial charge in [-0.2, -0.15) is 0 Å². The van der Waals surface area contributed by atoms with E-state index in [1.807, 2.05) is 0 Å². The van der Waals surface area contributed by atoms with Crippen molar-refractivity contribution in [2.24, 2.45) is 5.92 Å². The first-order valence-electron chi connectivity index (χ1n) is 7.36. The first kappa shape index (κ1) is 14.6. The molecule has 0 spiro atoms. The summed E-state index contributed by atoms with van der Waals surface area (Å²) in [4.78, 5) is 28.9. The normalized spacial score (nSPS) is 16.0. The number of hydrogen-bond acceptors (Lipinski definition) is 4. The highest BCUT2D eigenvalue weighted by atomic mass is 16.3. The number of pyridine rings is 1. The second kappa shape index (κ2) is 6.19. The highest BCUT2D eigenvalue weighted by Gasteiger charge is 2.24. The van der Waals surface area contributed by atoms with Crippen LogP contribution in [0.2, 0.25) is 0 Å². The molecule has 1 amide bonds. The minimum absolute atomic E-state index is 0.137. The van der Waals surface area contributed by atoms with Crippen LogP contribution in [0, 0.1) is 5.92 Å². The van der Waals surface area contributed by atoms with E-state index in [4.69, 9.17) is 9.52 Å². The monoisotopic (exact) mass is 302 g/mol. The molecular weight excluding hydrogens is 284 g/mol. The van der Waals surface area contributed by atoms with Crippen molar-refractivity contribution < 1.29 is 14.3 Å². The molecule has 3 rings (SSSR count). The number of amides is 1. The molecule has 2 aromatic heterocycles. The van der Waals surface area contributed by atoms with Gasteiger partial charge in [0, 0.05) is 19.7 Å². The number of hydrogen-bond donors (Lipinski definition) is 2. The van der Waals surface area contributed by atoms with Crippen LogP contribution in [-0.4, -0.2) is 40.6 Å². The molecule has 1 aliphatic heterocycles. The molecule has 0 aromatic carbocycles. The fraction of sp³-hybridized carbons (Fsp3) is 0.375. The zero-order valence-electron chi connectivity index (χ0n) is 12.1. The van der Waals surface area contributed by atoms with Gasteiger partial charge in [-0.1, -0.05) is 0 Å². The first-order valence-corrected chi connectivity index (χ1v) is 7.36. The Labute approximate surface area is 127 Å². The summed E-state index contributed by atoms with van der Waals surface area (Å²) in [7, 11) is 0. The Morgan fingerprint density at radius 1 is 1.32 bits per heavy atom. The number of furan rings is 1. The lowest BCUT2D eigenvalue weighted by Crippen LogP contribution is -2.41. The maximum absolute atomic E-state index is 12.4. The molecule has 1 fully saturated rings. The van der Waals surface area contributed by atoms with Gasteiger partial charge >= 0.3 is 0 Å². The summed E-state index contributed by atoms with van der Waals surface area (Å²) in [6, 6.07) is 6.69. The van der Waals surface area contributed by atoms with Gasteiger partial charge in [-0.25, -0.2) is 0 Å².